The molecule has 15 heteroatoms. The van der Waals surface area contributed by atoms with Gasteiger partial charge in [0, 0.05) is 29.6 Å². The Morgan fingerprint density at radius 2 is 1.67 bits per heavy atom. The summed E-state index contributed by atoms with van der Waals surface area (Å²) in [6.07, 6.45) is -6.32. The number of rotatable bonds is 6. The second kappa shape index (κ2) is 12.4. The zero-order valence-corrected chi connectivity index (χ0v) is 23.5. The number of carbonyl (C=O) groups excluding carboxylic acids is 1. The molecule has 3 aliphatic rings. The van der Waals surface area contributed by atoms with Crippen molar-refractivity contribution in [1.29, 1.82) is 0 Å². The number of allylic oxidation sites excluding steroid dienone is 2. The summed E-state index contributed by atoms with van der Waals surface area (Å²) in [5.41, 5.74) is 0.294. The molecule has 1 N–H and O–H groups in total. The number of thioether (sulfide) groups is 1. The molecular formula is C28H28F7N3O4S. The summed E-state index contributed by atoms with van der Waals surface area (Å²) in [5, 5.41) is 3.45. The normalized spacial score (nSPS) is 22.5. The van der Waals surface area contributed by atoms with Crippen LogP contribution in [-0.2, 0) is 4.79 Å². The van der Waals surface area contributed by atoms with E-state index in [2.05, 4.69) is 14.7 Å². The van der Waals surface area contributed by atoms with Crippen LogP contribution in [-0.4, -0.2) is 53.0 Å². The van der Waals surface area contributed by atoms with Gasteiger partial charge in [-0.25, -0.2) is 9.18 Å². The first kappa shape index (κ1) is 31.2. The molecule has 234 valence electrons. The molecule has 0 unspecified atom stereocenters. The third-order valence-electron chi connectivity index (χ3n) is 8.19. The minimum atomic E-state index is -4.33. The molecule has 1 amide bonds. The molecule has 2 fully saturated rings. The molecule has 1 aromatic carbocycles. The molecule has 0 spiro atoms. The van der Waals surface area contributed by atoms with E-state index in [9.17, 15) is 40.3 Å². The van der Waals surface area contributed by atoms with E-state index in [1.54, 1.807) is 0 Å². The summed E-state index contributed by atoms with van der Waals surface area (Å²) in [5.74, 6) is -5.00. The van der Waals surface area contributed by atoms with E-state index in [0.29, 0.717) is 23.3 Å². The fraction of sp³-hybridized carbons (Fsp3) is 0.536. The maximum atomic E-state index is 14.8. The van der Waals surface area contributed by atoms with Crippen molar-refractivity contribution in [3.8, 4) is 17.1 Å². The molecule has 1 aliphatic carbocycles. The van der Waals surface area contributed by atoms with Crippen molar-refractivity contribution in [2.24, 2.45) is 17.8 Å². The van der Waals surface area contributed by atoms with Crippen LogP contribution in [0.4, 0.5) is 30.7 Å². The van der Waals surface area contributed by atoms with Crippen molar-refractivity contribution >= 4 is 17.7 Å². The Labute approximate surface area is 245 Å². The highest BCUT2D eigenvalue weighted by Gasteiger charge is 2.43. The summed E-state index contributed by atoms with van der Waals surface area (Å²) < 4.78 is 104. The zero-order chi connectivity index (χ0) is 30.9. The Morgan fingerprint density at radius 1 is 1.02 bits per heavy atom. The van der Waals surface area contributed by atoms with E-state index in [4.69, 9.17) is 4.74 Å². The number of amides is 1. The first-order chi connectivity index (χ1) is 20.3. The summed E-state index contributed by atoms with van der Waals surface area (Å²) in [6.45, 7) is -0.278. The number of alkyl halides is 6. The molecule has 3 heterocycles. The van der Waals surface area contributed by atoms with E-state index < -0.39 is 41.7 Å². The number of benzene rings is 1. The van der Waals surface area contributed by atoms with Crippen molar-refractivity contribution in [3.63, 3.8) is 0 Å². The third-order valence-corrected chi connectivity index (χ3v) is 9.53. The van der Waals surface area contributed by atoms with Gasteiger partial charge in [-0.15, -0.1) is 0 Å². The molecular weight excluding hydrogens is 607 g/mol. The van der Waals surface area contributed by atoms with Crippen LogP contribution in [0.1, 0.15) is 44.9 Å². The van der Waals surface area contributed by atoms with Crippen LogP contribution >= 0.6 is 11.8 Å². The highest BCUT2D eigenvalue weighted by atomic mass is 32.2. The van der Waals surface area contributed by atoms with Crippen LogP contribution in [0.3, 0.4) is 0 Å². The number of hydrogen-bond donors (Lipinski definition) is 1. The molecule has 0 radical (unpaired) electrons. The van der Waals surface area contributed by atoms with Crippen LogP contribution in [0.25, 0.3) is 11.4 Å². The number of H-pyrrole nitrogens is 1. The average Bonchev–Trinajstić information content (AvgIpc) is 3.40. The molecule has 0 bridgehead atoms. The first-order valence-electron chi connectivity index (χ1n) is 13.8. The minimum absolute atomic E-state index is 0.00393. The van der Waals surface area contributed by atoms with Gasteiger partial charge in [0.05, 0.1) is 17.4 Å². The number of ether oxygens (including phenoxy) is 1. The Kier molecular flexibility index (Phi) is 9.00. The highest BCUT2D eigenvalue weighted by molar-refractivity contribution is 8.06. The number of likely N-dealkylation sites (tertiary alicyclic amines) is 1. The lowest BCUT2D eigenvalue weighted by Gasteiger charge is -2.35. The van der Waals surface area contributed by atoms with Crippen molar-refractivity contribution in [1.82, 2.24) is 15.0 Å². The fourth-order valence-electron chi connectivity index (χ4n) is 5.71. The van der Waals surface area contributed by atoms with Gasteiger partial charge in [-0.3, -0.25) is 14.3 Å². The smallest absolute Gasteiger partial charge is 0.439 e. The topological polar surface area (TPSA) is 88.4 Å². The zero-order valence-electron chi connectivity index (χ0n) is 22.7. The number of aromatic nitrogens is 2. The lowest BCUT2D eigenvalue weighted by molar-refractivity contribution is -0.186. The number of nitrogens with zero attached hydrogens (tertiary/aromatic N) is 2. The predicted octanol–water partition coefficient (Wildman–Crippen LogP) is 6.99. The maximum absolute atomic E-state index is 14.8. The van der Waals surface area contributed by atoms with Crippen LogP contribution in [0.5, 0.6) is 5.75 Å². The SMILES string of the molecule is O=C(C1=C(COc2ccc(-c3noc(=O)[nH]3)c(F)c2)SC(C2CCC(C(F)(F)F)CC2)=CC1)N1CCC(C(F)(F)F)CC1. The van der Waals surface area contributed by atoms with Gasteiger partial charge in [-0.05, 0) is 67.9 Å². The van der Waals surface area contributed by atoms with Crippen LogP contribution in [0.15, 0.2) is 49.0 Å². The standard InChI is InChI=1S/C28H28F7N3O4S/c29-21-13-18(5-6-19(21)24-36-26(40)42-37-24)41-14-23-20(25(39)38-11-9-17(10-12-38)28(33,34)35)7-8-22(43-23)15-1-3-16(4-2-15)27(30,31)32/h5-6,8,13,15-17H,1-4,7,9-12,14H2,(H,36,37,40). The Balaban J connectivity index is 1.32. The second-order valence-electron chi connectivity index (χ2n) is 10.9. The molecule has 1 saturated carbocycles. The van der Waals surface area contributed by atoms with Crippen molar-refractivity contribution in [2.45, 2.75) is 57.3 Å². The van der Waals surface area contributed by atoms with Gasteiger partial charge >= 0.3 is 18.1 Å². The van der Waals surface area contributed by atoms with Crippen molar-refractivity contribution in [2.75, 3.05) is 19.7 Å². The number of aromatic amines is 1. The van der Waals surface area contributed by atoms with Crippen LogP contribution in [0.2, 0.25) is 0 Å². The van der Waals surface area contributed by atoms with Crippen LogP contribution < -0.4 is 10.5 Å². The average molecular weight is 636 g/mol. The van der Waals surface area contributed by atoms with E-state index in [1.165, 1.54) is 28.8 Å². The van der Waals surface area contributed by atoms with Gasteiger partial charge in [0.15, 0.2) is 5.82 Å². The number of nitrogens with one attached hydrogen (secondary N) is 1. The van der Waals surface area contributed by atoms with E-state index in [-0.39, 0.29) is 74.9 Å². The Hall–Kier alpha value is -3.23. The molecule has 0 atom stereocenters. The highest BCUT2D eigenvalue weighted by Crippen LogP contribution is 2.48. The van der Waals surface area contributed by atoms with E-state index >= 15 is 0 Å². The van der Waals surface area contributed by atoms with Gasteiger partial charge in [0.2, 0.25) is 0 Å². The van der Waals surface area contributed by atoms with E-state index in [0.717, 1.165) is 11.0 Å². The van der Waals surface area contributed by atoms with E-state index in [1.807, 2.05) is 6.08 Å². The van der Waals surface area contributed by atoms with Gasteiger partial charge in [-0.1, -0.05) is 23.0 Å². The molecule has 2 aliphatic heterocycles. The van der Waals surface area contributed by atoms with Crippen LogP contribution in [0, 0.1) is 23.6 Å². The Bertz CT molecular complexity index is 1450. The Morgan fingerprint density at radius 3 is 2.26 bits per heavy atom. The summed E-state index contributed by atoms with van der Waals surface area (Å²) in [6, 6.07) is 3.81. The monoisotopic (exact) mass is 635 g/mol. The number of carbonyl (C=O) groups is 1. The predicted molar refractivity (Wildman–Crippen MR) is 142 cm³/mol. The second-order valence-corrected chi connectivity index (χ2v) is 12.1. The molecule has 43 heavy (non-hydrogen) atoms. The lowest BCUT2D eigenvalue weighted by atomic mass is 9.81. The van der Waals surface area contributed by atoms with Crippen molar-refractivity contribution in [3.05, 3.63) is 56.0 Å². The summed E-state index contributed by atoms with van der Waals surface area (Å²) in [4.78, 5) is 29.6. The maximum Gasteiger partial charge on any atom is 0.439 e. The summed E-state index contributed by atoms with van der Waals surface area (Å²) in [7, 11) is 0. The molecule has 1 saturated heterocycles. The first-order valence-corrected chi connectivity index (χ1v) is 14.6. The van der Waals surface area contributed by atoms with Gasteiger partial charge < -0.3 is 9.64 Å². The number of hydrogen-bond acceptors (Lipinski definition) is 6. The lowest BCUT2D eigenvalue weighted by Crippen LogP contribution is -2.43. The summed E-state index contributed by atoms with van der Waals surface area (Å²) >= 11 is 1.23. The van der Waals surface area contributed by atoms with Gasteiger partial charge in [-0.2, -0.15) is 26.3 Å². The number of halogens is 7. The molecule has 5 rings (SSSR count). The van der Waals surface area contributed by atoms with Gasteiger partial charge in [0.1, 0.15) is 18.2 Å². The molecule has 2 aromatic rings. The largest absolute Gasteiger partial charge is 0.488 e. The minimum Gasteiger partial charge on any atom is -0.488 e. The fourth-order valence-corrected chi connectivity index (χ4v) is 6.98. The van der Waals surface area contributed by atoms with Crippen molar-refractivity contribution < 1.29 is 44.8 Å². The molecule has 1 aromatic heterocycles. The number of piperidine rings is 1. The molecule has 7 nitrogen and oxygen atoms in total. The quantitative estimate of drug-likeness (QED) is 0.345. The van der Waals surface area contributed by atoms with Gasteiger partial charge in [0.25, 0.3) is 5.91 Å². The third kappa shape index (κ3) is 7.29.